The zero-order chi connectivity index (χ0) is 20.7. The van der Waals surface area contributed by atoms with Crippen molar-refractivity contribution in [2.75, 3.05) is 0 Å². The lowest BCUT2D eigenvalue weighted by Crippen LogP contribution is -2.27. The van der Waals surface area contributed by atoms with Crippen molar-refractivity contribution in [3.63, 3.8) is 0 Å². The number of aromatic nitrogens is 1. The van der Waals surface area contributed by atoms with Gasteiger partial charge >= 0.3 is 6.09 Å². The highest BCUT2D eigenvalue weighted by molar-refractivity contribution is 9.10. The van der Waals surface area contributed by atoms with Crippen LogP contribution in [-0.4, -0.2) is 22.5 Å². The van der Waals surface area contributed by atoms with Crippen molar-refractivity contribution < 1.29 is 18.7 Å². The van der Waals surface area contributed by atoms with Crippen LogP contribution in [0.2, 0.25) is 5.15 Å². The van der Waals surface area contributed by atoms with Crippen molar-refractivity contribution in [1.29, 1.82) is 0 Å². The van der Waals surface area contributed by atoms with Gasteiger partial charge in [-0.25, -0.2) is 9.78 Å². The fourth-order valence-corrected chi connectivity index (χ4v) is 2.61. The Labute approximate surface area is 167 Å². The number of aryl methyl sites for hydroxylation is 1. The van der Waals surface area contributed by atoms with E-state index in [4.69, 9.17) is 21.8 Å². The van der Waals surface area contributed by atoms with Crippen LogP contribution in [0.5, 0.6) is 0 Å². The first-order valence-corrected chi connectivity index (χ1v) is 9.40. The van der Waals surface area contributed by atoms with E-state index >= 15 is 0 Å². The highest BCUT2D eigenvalue weighted by Gasteiger charge is 2.20. The van der Waals surface area contributed by atoms with E-state index in [9.17, 15) is 9.59 Å². The Bertz CT molecular complexity index is 767. The lowest BCUT2D eigenvalue weighted by atomic mass is 10.2. The molecule has 146 valence electrons. The summed E-state index contributed by atoms with van der Waals surface area (Å²) in [5.41, 5.74) is 6.34. The molecular weight excluding hydrogens is 424 g/mol. The number of furan rings is 1. The minimum Gasteiger partial charge on any atom is -0.450 e. The third-order valence-corrected chi connectivity index (χ3v) is 3.65. The SMILES string of the molecule is CC.CC(C)(C)OC(N)=O.CCC(=O)c1oc2c(C)cc(Cl)nc2c1Br. The Balaban J connectivity index is 0.000000533. The summed E-state index contributed by atoms with van der Waals surface area (Å²) in [6, 6.07) is 1.71. The molecule has 0 saturated heterocycles. The molecule has 0 aromatic carbocycles. The molecule has 2 heterocycles. The standard InChI is InChI=1S/C11H9BrClNO2.C5H11NO2.C2H6/c1-3-6(15)11-8(12)9-10(16-11)5(2)4-7(13)14-9;1-5(2,3)8-4(6)7;1-2/h4H,3H2,1-2H3;1-3H3,(H2,6,7);1-2H3. The number of amides is 1. The van der Waals surface area contributed by atoms with Crippen LogP contribution in [0, 0.1) is 6.92 Å². The van der Waals surface area contributed by atoms with Crippen LogP contribution < -0.4 is 5.73 Å². The number of hydrogen-bond acceptors (Lipinski definition) is 5. The van der Waals surface area contributed by atoms with Gasteiger partial charge in [0.05, 0.1) is 4.47 Å². The van der Waals surface area contributed by atoms with Gasteiger partial charge in [-0.05, 0) is 55.3 Å². The van der Waals surface area contributed by atoms with Gasteiger partial charge in [0, 0.05) is 6.42 Å². The molecule has 2 aromatic rings. The average Bonchev–Trinajstić information content (AvgIpc) is 2.84. The molecule has 2 rings (SSSR count). The number of carbonyl (C=O) groups is 2. The maximum atomic E-state index is 11.6. The van der Waals surface area contributed by atoms with Gasteiger partial charge < -0.3 is 14.9 Å². The van der Waals surface area contributed by atoms with Crippen LogP contribution in [0.25, 0.3) is 11.1 Å². The first-order valence-electron chi connectivity index (χ1n) is 8.23. The highest BCUT2D eigenvalue weighted by atomic mass is 79.9. The molecule has 26 heavy (non-hydrogen) atoms. The number of ketones is 1. The molecule has 0 saturated carbocycles. The molecule has 0 spiro atoms. The normalized spacial score (nSPS) is 10.3. The molecule has 0 bridgehead atoms. The lowest BCUT2D eigenvalue weighted by Gasteiger charge is -2.16. The third kappa shape index (κ3) is 7.33. The van der Waals surface area contributed by atoms with Gasteiger partial charge in [0.15, 0.2) is 17.1 Å². The largest absolute Gasteiger partial charge is 0.450 e. The number of pyridine rings is 1. The number of Topliss-reactive ketones (excluding diaryl/α,β-unsaturated/α-hetero) is 1. The Morgan fingerprint density at radius 3 is 2.27 bits per heavy atom. The number of rotatable bonds is 2. The molecule has 0 fully saturated rings. The number of fused-ring (bicyclic) bond motifs is 1. The summed E-state index contributed by atoms with van der Waals surface area (Å²) in [6.07, 6.45) is -0.330. The van der Waals surface area contributed by atoms with Crippen molar-refractivity contribution >= 4 is 50.5 Å². The van der Waals surface area contributed by atoms with Gasteiger partial charge in [-0.1, -0.05) is 32.4 Å². The molecule has 0 aliphatic carbocycles. The van der Waals surface area contributed by atoms with Gasteiger partial charge in [0.25, 0.3) is 0 Å². The van der Waals surface area contributed by atoms with Crippen molar-refractivity contribution in [2.45, 2.75) is 60.5 Å². The third-order valence-electron chi connectivity index (χ3n) is 2.72. The zero-order valence-corrected chi connectivity index (χ0v) is 18.5. The number of halogens is 2. The average molecular weight is 450 g/mol. The topological polar surface area (TPSA) is 95.4 Å². The molecule has 2 aromatic heterocycles. The smallest absolute Gasteiger partial charge is 0.405 e. The lowest BCUT2D eigenvalue weighted by molar-refractivity contribution is 0.0600. The molecule has 1 amide bonds. The second-order valence-electron chi connectivity index (χ2n) is 5.99. The summed E-state index contributed by atoms with van der Waals surface area (Å²) in [4.78, 5) is 25.8. The molecule has 0 atom stereocenters. The molecule has 0 aliphatic heterocycles. The van der Waals surface area contributed by atoms with Gasteiger partial charge in [0.1, 0.15) is 16.3 Å². The van der Waals surface area contributed by atoms with E-state index in [0.717, 1.165) is 5.56 Å². The van der Waals surface area contributed by atoms with E-state index in [-0.39, 0.29) is 5.78 Å². The van der Waals surface area contributed by atoms with Gasteiger partial charge in [-0.2, -0.15) is 0 Å². The number of nitrogens with zero attached hydrogens (tertiary/aromatic N) is 1. The van der Waals surface area contributed by atoms with E-state index in [1.165, 1.54) is 0 Å². The molecule has 0 radical (unpaired) electrons. The van der Waals surface area contributed by atoms with E-state index in [1.54, 1.807) is 33.8 Å². The molecule has 0 unspecified atom stereocenters. The number of nitrogens with two attached hydrogens (primary N) is 1. The fraction of sp³-hybridized carbons (Fsp3) is 0.500. The second kappa shape index (κ2) is 10.5. The van der Waals surface area contributed by atoms with Crippen molar-refractivity contribution in [3.05, 3.63) is 27.0 Å². The Morgan fingerprint density at radius 2 is 1.88 bits per heavy atom. The first-order chi connectivity index (χ1) is 12.0. The van der Waals surface area contributed by atoms with Crippen LogP contribution in [-0.2, 0) is 4.74 Å². The Morgan fingerprint density at radius 1 is 1.35 bits per heavy atom. The van der Waals surface area contributed by atoms with Crippen LogP contribution in [0.3, 0.4) is 0 Å². The molecule has 0 aliphatic rings. The zero-order valence-electron chi connectivity index (χ0n) is 16.2. The maximum Gasteiger partial charge on any atom is 0.405 e. The quantitative estimate of drug-likeness (QED) is 0.444. The molecule has 2 N–H and O–H groups in total. The van der Waals surface area contributed by atoms with E-state index < -0.39 is 11.7 Å². The maximum absolute atomic E-state index is 11.6. The van der Waals surface area contributed by atoms with Gasteiger partial charge in [-0.15, -0.1) is 0 Å². The van der Waals surface area contributed by atoms with Crippen LogP contribution in [0.1, 0.15) is 64.1 Å². The van der Waals surface area contributed by atoms with Crippen LogP contribution in [0.15, 0.2) is 15.0 Å². The molecular formula is C18H26BrClN2O4. The highest BCUT2D eigenvalue weighted by Crippen LogP contribution is 2.33. The first kappa shape index (κ1) is 24.4. The van der Waals surface area contributed by atoms with Crippen LogP contribution in [0.4, 0.5) is 4.79 Å². The van der Waals surface area contributed by atoms with Crippen molar-refractivity contribution in [3.8, 4) is 0 Å². The summed E-state index contributed by atoms with van der Waals surface area (Å²) >= 11 is 9.19. The summed E-state index contributed by atoms with van der Waals surface area (Å²) in [5.74, 6) is 0.260. The number of primary amides is 1. The van der Waals surface area contributed by atoms with Crippen LogP contribution >= 0.6 is 27.5 Å². The predicted molar refractivity (Wildman–Crippen MR) is 108 cm³/mol. The van der Waals surface area contributed by atoms with E-state index in [0.29, 0.717) is 32.9 Å². The minimum absolute atomic E-state index is 0.0552. The van der Waals surface area contributed by atoms with Crippen molar-refractivity contribution in [2.24, 2.45) is 5.73 Å². The Hall–Kier alpha value is -1.60. The van der Waals surface area contributed by atoms with E-state index in [2.05, 4.69) is 25.7 Å². The summed E-state index contributed by atoms with van der Waals surface area (Å²) in [7, 11) is 0. The number of ether oxygens (including phenoxy) is 1. The van der Waals surface area contributed by atoms with Crippen molar-refractivity contribution in [1.82, 2.24) is 4.98 Å². The summed E-state index contributed by atoms with van der Waals surface area (Å²) in [6.45, 7) is 12.9. The number of carbonyl (C=O) groups excluding carboxylic acids is 2. The monoisotopic (exact) mass is 448 g/mol. The van der Waals surface area contributed by atoms with Gasteiger partial charge in [0.2, 0.25) is 0 Å². The molecule has 8 heteroatoms. The van der Waals surface area contributed by atoms with Gasteiger partial charge in [-0.3, -0.25) is 4.79 Å². The predicted octanol–water partition coefficient (Wildman–Crippen LogP) is 6.05. The molecule has 6 nitrogen and oxygen atoms in total. The summed E-state index contributed by atoms with van der Waals surface area (Å²) in [5, 5.41) is 0.391. The fourth-order valence-electron chi connectivity index (χ4n) is 1.79. The van der Waals surface area contributed by atoms with E-state index in [1.807, 2.05) is 20.8 Å². The minimum atomic E-state index is -0.725. The second-order valence-corrected chi connectivity index (χ2v) is 7.18. The number of hydrogen-bond donors (Lipinski definition) is 1. The Kier molecular flexibility index (Phi) is 9.88. The summed E-state index contributed by atoms with van der Waals surface area (Å²) < 4.78 is 10.7.